The van der Waals surface area contributed by atoms with Gasteiger partial charge in [0.1, 0.15) is 5.78 Å². The van der Waals surface area contributed by atoms with Crippen LogP contribution in [-0.4, -0.2) is 17.0 Å². The normalized spacial score (nSPS) is 12.5. The van der Waals surface area contributed by atoms with Crippen molar-refractivity contribution in [3.63, 3.8) is 0 Å². The van der Waals surface area contributed by atoms with E-state index < -0.39 is 0 Å². The zero-order valence-electron chi connectivity index (χ0n) is 8.66. The molecule has 0 bridgehead atoms. The highest BCUT2D eigenvalue weighted by Gasteiger charge is 2.06. The molecule has 0 aliphatic carbocycles. The number of rotatable bonds is 4. The van der Waals surface area contributed by atoms with Gasteiger partial charge in [0, 0.05) is 6.42 Å². The Kier molecular flexibility index (Phi) is 3.84. The van der Waals surface area contributed by atoms with Crippen LogP contribution >= 0.6 is 0 Å². The van der Waals surface area contributed by atoms with Gasteiger partial charge in [-0.2, -0.15) is 0 Å². The Morgan fingerprint density at radius 2 is 1.93 bits per heavy atom. The van der Waals surface area contributed by atoms with Crippen LogP contribution in [0.5, 0.6) is 0 Å². The van der Waals surface area contributed by atoms with Crippen LogP contribution in [0.1, 0.15) is 25.0 Å². The summed E-state index contributed by atoms with van der Waals surface area (Å²) in [6.07, 6.45) is 0.718. The predicted octanol–water partition coefficient (Wildman–Crippen LogP) is 1.74. The molecule has 76 valence electrons. The van der Waals surface area contributed by atoms with Crippen LogP contribution in [0.2, 0.25) is 0 Å². The molecule has 0 aliphatic heterocycles. The summed E-state index contributed by atoms with van der Waals surface area (Å²) in [6, 6.07) is 7.76. The number of benzene rings is 1. The summed E-state index contributed by atoms with van der Waals surface area (Å²) in [5.41, 5.74) is 2.10. The van der Waals surface area contributed by atoms with E-state index in [1.807, 2.05) is 24.3 Å². The number of aliphatic hydroxyl groups is 1. The molecule has 14 heavy (non-hydrogen) atoms. The van der Waals surface area contributed by atoms with Crippen LogP contribution in [0, 0.1) is 0 Å². The van der Waals surface area contributed by atoms with Crippen LogP contribution in [0.25, 0.3) is 0 Å². The van der Waals surface area contributed by atoms with Gasteiger partial charge in [-0.3, -0.25) is 4.79 Å². The first-order chi connectivity index (χ1) is 6.59. The van der Waals surface area contributed by atoms with Crippen molar-refractivity contribution in [2.45, 2.75) is 32.8 Å². The highest BCUT2D eigenvalue weighted by molar-refractivity contribution is 5.78. The van der Waals surface area contributed by atoms with Gasteiger partial charge >= 0.3 is 0 Å². The van der Waals surface area contributed by atoms with Gasteiger partial charge in [0.2, 0.25) is 0 Å². The Morgan fingerprint density at radius 1 is 1.36 bits per heavy atom. The Bertz CT molecular complexity index is 316. The molecule has 0 fully saturated rings. The summed E-state index contributed by atoms with van der Waals surface area (Å²) < 4.78 is 0. The lowest BCUT2D eigenvalue weighted by atomic mass is 9.98. The minimum Gasteiger partial charge on any atom is -0.393 e. The molecule has 0 saturated heterocycles. The molecule has 1 atom stereocenters. The minimum absolute atomic E-state index is 0.156. The fourth-order valence-electron chi connectivity index (χ4n) is 1.52. The third kappa shape index (κ3) is 3.30. The predicted molar refractivity (Wildman–Crippen MR) is 56.2 cm³/mol. The van der Waals surface area contributed by atoms with Crippen molar-refractivity contribution in [3.05, 3.63) is 35.4 Å². The molecule has 2 nitrogen and oxygen atoms in total. The first-order valence-electron chi connectivity index (χ1n) is 4.84. The molecular weight excluding hydrogens is 176 g/mol. The Labute approximate surface area is 84.6 Å². The van der Waals surface area contributed by atoms with Crippen LogP contribution in [0.3, 0.4) is 0 Å². The first-order valence-corrected chi connectivity index (χ1v) is 4.84. The van der Waals surface area contributed by atoms with Crippen molar-refractivity contribution in [2.24, 2.45) is 0 Å². The van der Waals surface area contributed by atoms with Gasteiger partial charge in [-0.25, -0.2) is 0 Å². The lowest BCUT2D eigenvalue weighted by molar-refractivity contribution is -0.116. The maximum absolute atomic E-state index is 11.0. The van der Waals surface area contributed by atoms with E-state index in [1.165, 1.54) is 0 Å². The van der Waals surface area contributed by atoms with E-state index in [0.29, 0.717) is 12.8 Å². The molecule has 1 aromatic rings. The van der Waals surface area contributed by atoms with E-state index in [-0.39, 0.29) is 11.9 Å². The minimum atomic E-state index is -0.358. The first kappa shape index (κ1) is 10.9. The smallest absolute Gasteiger partial charge is 0.134 e. The fourth-order valence-corrected chi connectivity index (χ4v) is 1.52. The number of Topliss-reactive ketones (excluding diaryl/α,β-unsaturated/α-hetero) is 1. The quantitative estimate of drug-likeness (QED) is 0.789. The van der Waals surface area contributed by atoms with Crippen molar-refractivity contribution in [2.75, 3.05) is 0 Å². The summed E-state index contributed by atoms with van der Waals surface area (Å²) in [5.74, 6) is 0.156. The SMILES string of the molecule is CC(=O)Cc1ccccc1CC(C)O. The molecule has 1 rings (SSSR count). The van der Waals surface area contributed by atoms with Crippen molar-refractivity contribution in [1.82, 2.24) is 0 Å². The Balaban J connectivity index is 2.85. The maximum Gasteiger partial charge on any atom is 0.134 e. The van der Waals surface area contributed by atoms with Gasteiger partial charge in [-0.15, -0.1) is 0 Å². The average molecular weight is 192 g/mol. The summed E-state index contributed by atoms with van der Waals surface area (Å²) in [4.78, 5) is 11.0. The Morgan fingerprint density at radius 3 is 2.43 bits per heavy atom. The number of carbonyl (C=O) groups excluding carboxylic acids is 1. The van der Waals surface area contributed by atoms with E-state index in [0.717, 1.165) is 11.1 Å². The van der Waals surface area contributed by atoms with Gasteiger partial charge in [-0.05, 0) is 31.4 Å². The van der Waals surface area contributed by atoms with E-state index >= 15 is 0 Å². The standard InChI is InChI=1S/C12H16O2/c1-9(13)7-11-5-3-4-6-12(11)8-10(2)14/h3-6,9,13H,7-8H2,1-2H3. The second-order valence-electron chi connectivity index (χ2n) is 3.70. The van der Waals surface area contributed by atoms with Gasteiger partial charge in [0.05, 0.1) is 6.10 Å². The molecule has 2 heteroatoms. The molecular formula is C12H16O2. The van der Waals surface area contributed by atoms with E-state index in [2.05, 4.69) is 0 Å². The van der Waals surface area contributed by atoms with E-state index in [1.54, 1.807) is 13.8 Å². The Hall–Kier alpha value is -1.15. The van der Waals surface area contributed by atoms with Gasteiger partial charge in [-0.1, -0.05) is 24.3 Å². The van der Waals surface area contributed by atoms with Crippen LogP contribution in [-0.2, 0) is 17.6 Å². The number of aliphatic hydroxyl groups excluding tert-OH is 1. The molecule has 0 heterocycles. The number of ketones is 1. The maximum atomic E-state index is 11.0. The molecule has 1 N–H and O–H groups in total. The average Bonchev–Trinajstić information content (AvgIpc) is 2.06. The van der Waals surface area contributed by atoms with Crippen LogP contribution in [0.15, 0.2) is 24.3 Å². The molecule has 0 aromatic heterocycles. The molecule has 0 radical (unpaired) electrons. The molecule has 0 spiro atoms. The summed E-state index contributed by atoms with van der Waals surface area (Å²) in [7, 11) is 0. The number of carbonyl (C=O) groups is 1. The van der Waals surface area contributed by atoms with Crippen LogP contribution < -0.4 is 0 Å². The summed E-state index contributed by atoms with van der Waals surface area (Å²) >= 11 is 0. The third-order valence-electron chi connectivity index (χ3n) is 2.07. The van der Waals surface area contributed by atoms with Crippen molar-refractivity contribution >= 4 is 5.78 Å². The third-order valence-corrected chi connectivity index (χ3v) is 2.07. The van der Waals surface area contributed by atoms with Gasteiger partial charge in [0.25, 0.3) is 0 Å². The highest BCUT2D eigenvalue weighted by atomic mass is 16.3. The lowest BCUT2D eigenvalue weighted by Gasteiger charge is -2.09. The van der Waals surface area contributed by atoms with E-state index in [9.17, 15) is 9.90 Å². The molecule has 1 aromatic carbocycles. The van der Waals surface area contributed by atoms with Gasteiger partial charge < -0.3 is 5.11 Å². The molecule has 0 aliphatic rings. The lowest BCUT2D eigenvalue weighted by Crippen LogP contribution is -2.08. The summed E-state index contributed by atoms with van der Waals surface area (Å²) in [6.45, 7) is 3.34. The number of hydrogen-bond donors (Lipinski definition) is 1. The van der Waals surface area contributed by atoms with Crippen LogP contribution in [0.4, 0.5) is 0 Å². The van der Waals surface area contributed by atoms with Crippen molar-refractivity contribution < 1.29 is 9.90 Å². The molecule has 1 unspecified atom stereocenters. The molecule has 0 saturated carbocycles. The molecule has 0 amide bonds. The zero-order valence-corrected chi connectivity index (χ0v) is 8.66. The monoisotopic (exact) mass is 192 g/mol. The zero-order chi connectivity index (χ0) is 10.6. The van der Waals surface area contributed by atoms with Crippen molar-refractivity contribution in [3.8, 4) is 0 Å². The van der Waals surface area contributed by atoms with E-state index in [4.69, 9.17) is 0 Å². The second kappa shape index (κ2) is 4.91. The second-order valence-corrected chi connectivity index (χ2v) is 3.70. The fraction of sp³-hybridized carbons (Fsp3) is 0.417. The topological polar surface area (TPSA) is 37.3 Å². The summed E-state index contributed by atoms with van der Waals surface area (Å²) in [5, 5.41) is 9.28. The number of hydrogen-bond acceptors (Lipinski definition) is 2. The van der Waals surface area contributed by atoms with Crippen molar-refractivity contribution in [1.29, 1.82) is 0 Å². The highest BCUT2D eigenvalue weighted by Crippen LogP contribution is 2.12. The van der Waals surface area contributed by atoms with Gasteiger partial charge in [0.15, 0.2) is 0 Å². The largest absolute Gasteiger partial charge is 0.393 e.